The second-order valence-electron chi connectivity index (χ2n) is 1.20. The summed E-state index contributed by atoms with van der Waals surface area (Å²) in [6.45, 7) is 0. The summed E-state index contributed by atoms with van der Waals surface area (Å²) in [4.78, 5) is 0. The Morgan fingerprint density at radius 1 is 1.29 bits per heavy atom. The van der Waals surface area contributed by atoms with Gasteiger partial charge in [0.15, 0.2) is 0 Å². The van der Waals surface area contributed by atoms with Gasteiger partial charge in [-0.3, -0.25) is 0 Å². The first-order chi connectivity index (χ1) is 3.00. The van der Waals surface area contributed by atoms with Crippen LogP contribution in [0.15, 0.2) is 24.0 Å². The smallest absolute Gasteiger partial charge is 0 e. The van der Waals surface area contributed by atoms with Crippen molar-refractivity contribution in [2.75, 3.05) is 6.16 Å². The Balaban J connectivity index is 0.000000360. The second-order valence-corrected chi connectivity index (χ2v) is 2.35. The van der Waals surface area contributed by atoms with E-state index in [1.807, 2.05) is 0 Å². The van der Waals surface area contributed by atoms with Gasteiger partial charge in [0.25, 0.3) is 0 Å². The Morgan fingerprint density at radius 3 is 2.29 bits per heavy atom. The van der Waals surface area contributed by atoms with Gasteiger partial charge in [0.2, 0.25) is 0 Å². The van der Waals surface area contributed by atoms with Crippen LogP contribution < -0.4 is 0 Å². The van der Waals surface area contributed by atoms with E-state index in [0.29, 0.717) is 0 Å². The van der Waals surface area contributed by atoms with Crippen LogP contribution in [-0.2, 0) is 21.1 Å². The van der Waals surface area contributed by atoms with Crippen molar-refractivity contribution < 1.29 is 21.1 Å². The van der Waals surface area contributed by atoms with Gasteiger partial charge in [-0.15, -0.1) is 0 Å². The Labute approximate surface area is 60.1 Å². The summed E-state index contributed by atoms with van der Waals surface area (Å²) >= 11 is 0. The molecule has 1 unspecified atom stereocenters. The molecular formula is C5H7MoP. The summed E-state index contributed by atoms with van der Waals surface area (Å²) in [5.74, 6) is 2.21. The van der Waals surface area contributed by atoms with Crippen molar-refractivity contribution in [1.29, 1.82) is 0 Å². The molecule has 0 amide bonds. The number of rotatable bonds is 0. The monoisotopic (exact) mass is 196 g/mol. The fraction of sp³-hybridized carbons (Fsp3) is 0.200. The molecule has 2 heteroatoms. The van der Waals surface area contributed by atoms with Crippen molar-refractivity contribution in [3.63, 3.8) is 0 Å². The minimum absolute atomic E-state index is 0. The van der Waals surface area contributed by atoms with Crippen molar-refractivity contribution in [3.05, 3.63) is 24.0 Å². The normalized spacial score (nSPS) is 19.4. The van der Waals surface area contributed by atoms with E-state index in [4.69, 9.17) is 0 Å². The maximum Gasteiger partial charge on any atom is 0 e. The molecule has 1 rings (SSSR count). The van der Waals surface area contributed by atoms with Crippen LogP contribution in [0.3, 0.4) is 0 Å². The van der Waals surface area contributed by atoms with E-state index in [1.54, 1.807) is 0 Å². The topological polar surface area (TPSA) is 0 Å². The second kappa shape index (κ2) is 4.75. The predicted molar refractivity (Wildman–Crippen MR) is 31.5 cm³/mol. The minimum Gasteiger partial charge on any atom is -0.0945 e. The van der Waals surface area contributed by atoms with Gasteiger partial charge < -0.3 is 0 Å². The first kappa shape index (κ1) is 7.60. The van der Waals surface area contributed by atoms with Gasteiger partial charge >= 0.3 is 0 Å². The van der Waals surface area contributed by atoms with Crippen LogP contribution in [0.4, 0.5) is 0 Å². The quantitative estimate of drug-likeness (QED) is 0.407. The molecule has 0 nitrogen and oxygen atoms in total. The minimum atomic E-state index is 0. The van der Waals surface area contributed by atoms with Crippen LogP contribution in [0.5, 0.6) is 0 Å². The predicted octanol–water partition coefficient (Wildman–Crippen LogP) is 1.75. The molecule has 38 valence electrons. The van der Waals surface area contributed by atoms with Gasteiger partial charge in [0.05, 0.1) is 0 Å². The molecule has 1 aliphatic rings. The first-order valence-electron chi connectivity index (χ1n) is 2.05. The third-order valence-corrected chi connectivity index (χ3v) is 1.60. The fourth-order valence-corrected chi connectivity index (χ4v) is 1.06. The molecule has 0 bridgehead atoms. The van der Waals surface area contributed by atoms with Gasteiger partial charge in [-0.1, -0.05) is 32.6 Å². The Morgan fingerprint density at radius 2 is 2.14 bits per heavy atom. The zero-order valence-corrected chi connectivity index (χ0v) is 6.93. The molecule has 0 aliphatic carbocycles. The largest absolute Gasteiger partial charge is 0.0945 e. The first-order valence-corrected chi connectivity index (χ1v) is 3.33. The molecule has 0 saturated heterocycles. The summed E-state index contributed by atoms with van der Waals surface area (Å²) in [6, 6.07) is 0. The van der Waals surface area contributed by atoms with E-state index in [0.717, 1.165) is 8.58 Å². The fourth-order valence-electron chi connectivity index (χ4n) is 0.406. The summed E-state index contributed by atoms with van der Waals surface area (Å²) in [7, 11) is 1.03. The van der Waals surface area contributed by atoms with Crippen LogP contribution in [-0.4, -0.2) is 6.16 Å². The molecule has 1 heterocycles. The molecule has 0 aromatic heterocycles. The molecule has 0 N–H and O–H groups in total. The zero-order valence-electron chi connectivity index (χ0n) is 3.92. The standard InChI is InChI=1S/C5H7P.Mo/c1-2-4-6-5-3-1;/h1-4,6H,5H2;. The Kier molecular flexibility index (Phi) is 5.16. The zero-order chi connectivity index (χ0) is 4.24. The van der Waals surface area contributed by atoms with Crippen molar-refractivity contribution in [1.82, 2.24) is 0 Å². The molecule has 0 radical (unpaired) electrons. The van der Waals surface area contributed by atoms with Crippen LogP contribution in [0.1, 0.15) is 0 Å². The van der Waals surface area contributed by atoms with Crippen molar-refractivity contribution in [2.45, 2.75) is 0 Å². The molecule has 0 aromatic rings. The van der Waals surface area contributed by atoms with Gasteiger partial charge in [0.1, 0.15) is 0 Å². The van der Waals surface area contributed by atoms with E-state index in [9.17, 15) is 0 Å². The number of allylic oxidation sites excluding steroid dienone is 3. The third kappa shape index (κ3) is 3.20. The Bertz CT molecular complexity index is 74.1. The van der Waals surface area contributed by atoms with Crippen molar-refractivity contribution in [3.8, 4) is 0 Å². The Hall–Kier alpha value is 0.598. The van der Waals surface area contributed by atoms with Gasteiger partial charge in [-0.05, 0) is 6.16 Å². The maximum atomic E-state index is 2.21. The maximum absolute atomic E-state index is 2.21. The number of hydrogen-bond donors (Lipinski definition) is 0. The van der Waals surface area contributed by atoms with Crippen LogP contribution in [0.2, 0.25) is 0 Å². The van der Waals surface area contributed by atoms with Gasteiger partial charge in [-0.25, -0.2) is 0 Å². The van der Waals surface area contributed by atoms with E-state index < -0.39 is 0 Å². The SMILES string of the molecule is C1=CCPC=C1.[Mo]. The van der Waals surface area contributed by atoms with Crippen LogP contribution in [0, 0.1) is 0 Å². The van der Waals surface area contributed by atoms with Gasteiger partial charge in [0, 0.05) is 21.1 Å². The van der Waals surface area contributed by atoms with Crippen LogP contribution in [0.25, 0.3) is 0 Å². The molecule has 0 saturated carbocycles. The summed E-state index contributed by atoms with van der Waals surface area (Å²) in [6.07, 6.45) is 7.65. The van der Waals surface area contributed by atoms with E-state index >= 15 is 0 Å². The molecule has 1 atom stereocenters. The van der Waals surface area contributed by atoms with E-state index in [2.05, 4.69) is 24.0 Å². The summed E-state index contributed by atoms with van der Waals surface area (Å²) < 4.78 is 0. The van der Waals surface area contributed by atoms with E-state index in [1.165, 1.54) is 6.16 Å². The molecule has 7 heavy (non-hydrogen) atoms. The third-order valence-electron chi connectivity index (χ3n) is 0.697. The average molecular weight is 194 g/mol. The van der Waals surface area contributed by atoms with E-state index in [-0.39, 0.29) is 21.1 Å². The molecule has 0 fully saturated rings. The molecular weight excluding hydrogens is 187 g/mol. The van der Waals surface area contributed by atoms with Crippen molar-refractivity contribution >= 4 is 8.58 Å². The van der Waals surface area contributed by atoms with Crippen LogP contribution >= 0.6 is 8.58 Å². The van der Waals surface area contributed by atoms with Gasteiger partial charge in [-0.2, -0.15) is 0 Å². The van der Waals surface area contributed by atoms with Crippen molar-refractivity contribution in [2.24, 2.45) is 0 Å². The molecule has 0 spiro atoms. The average Bonchev–Trinajstić information content (AvgIpc) is 1.72. The summed E-state index contributed by atoms with van der Waals surface area (Å²) in [5.41, 5.74) is 0. The summed E-state index contributed by atoms with van der Waals surface area (Å²) in [5, 5.41) is 0. The molecule has 0 aromatic carbocycles. The molecule has 1 aliphatic heterocycles. The number of hydrogen-bond acceptors (Lipinski definition) is 0.